The molecule has 1 N–H and O–H groups in total. The molecule has 1 fully saturated rings. The quantitative estimate of drug-likeness (QED) is 0.914. The van der Waals surface area contributed by atoms with Gasteiger partial charge in [0.25, 0.3) is 0 Å². The topological polar surface area (TPSA) is 58.6 Å². The second kappa shape index (κ2) is 5.48. The average molecular weight is 284 g/mol. The van der Waals surface area contributed by atoms with Crippen molar-refractivity contribution in [3.8, 4) is 0 Å². The van der Waals surface area contributed by atoms with Crippen molar-refractivity contribution >= 4 is 15.7 Å². The lowest BCUT2D eigenvalue weighted by Crippen LogP contribution is -2.48. The van der Waals surface area contributed by atoms with E-state index in [-0.39, 0.29) is 12.2 Å². The molecule has 0 saturated carbocycles. The number of nitrogens with one attached hydrogen (secondary N) is 1. The predicted octanol–water partition coefficient (Wildman–Crippen LogP) is 1.53. The molecule has 0 aromatic heterocycles. The Bertz CT molecular complexity index is 517. The van der Waals surface area contributed by atoms with Crippen LogP contribution in [0.3, 0.4) is 0 Å². The summed E-state index contributed by atoms with van der Waals surface area (Å²) in [6.07, 6.45) is -0.148. The van der Waals surface area contributed by atoms with Crippen molar-refractivity contribution in [2.75, 3.05) is 25.5 Å². The minimum Gasteiger partial charge on any atom is -0.388 e. The maximum absolute atomic E-state index is 12.5. The summed E-state index contributed by atoms with van der Waals surface area (Å²) in [5.74, 6) is 0. The van der Waals surface area contributed by atoms with Gasteiger partial charge in [0.2, 0.25) is 10.0 Å². The first-order chi connectivity index (χ1) is 8.93. The first kappa shape index (κ1) is 14.3. The summed E-state index contributed by atoms with van der Waals surface area (Å²) in [5, 5.41) is 2.97. The van der Waals surface area contributed by atoms with E-state index in [9.17, 15) is 8.42 Å². The van der Waals surface area contributed by atoms with Crippen LogP contribution in [0.25, 0.3) is 0 Å². The van der Waals surface area contributed by atoms with E-state index in [4.69, 9.17) is 4.74 Å². The summed E-state index contributed by atoms with van der Waals surface area (Å²) in [7, 11) is -1.63. The highest BCUT2D eigenvalue weighted by Crippen LogP contribution is 2.22. The van der Waals surface area contributed by atoms with Crippen LogP contribution in [0.5, 0.6) is 0 Å². The van der Waals surface area contributed by atoms with Crippen LogP contribution < -0.4 is 5.32 Å². The Morgan fingerprint density at radius 3 is 2.16 bits per heavy atom. The van der Waals surface area contributed by atoms with Gasteiger partial charge in [-0.3, -0.25) is 0 Å². The Balaban J connectivity index is 2.25. The van der Waals surface area contributed by atoms with Crippen LogP contribution >= 0.6 is 0 Å². The van der Waals surface area contributed by atoms with Gasteiger partial charge >= 0.3 is 0 Å². The summed E-state index contributed by atoms with van der Waals surface area (Å²) in [6.45, 7) is 4.59. The third kappa shape index (κ3) is 3.08. The molecule has 1 saturated heterocycles. The Hall–Kier alpha value is -1.11. The van der Waals surface area contributed by atoms with Crippen molar-refractivity contribution in [1.82, 2.24) is 4.31 Å². The van der Waals surface area contributed by atoms with Gasteiger partial charge in [-0.2, -0.15) is 4.31 Å². The second-order valence-electron chi connectivity index (χ2n) is 4.85. The molecule has 0 amide bonds. The molecule has 1 aliphatic heterocycles. The SMILES string of the molecule is CNc1ccc(S(=O)(=O)N2C[C@@H](C)O[C@@H](C)C2)cc1. The molecule has 1 aromatic carbocycles. The highest BCUT2D eigenvalue weighted by molar-refractivity contribution is 7.89. The smallest absolute Gasteiger partial charge is 0.243 e. The van der Waals surface area contributed by atoms with Gasteiger partial charge in [-0.15, -0.1) is 0 Å². The Labute approximate surface area is 114 Å². The number of anilines is 1. The highest BCUT2D eigenvalue weighted by Gasteiger charge is 2.31. The summed E-state index contributed by atoms with van der Waals surface area (Å²) in [6, 6.07) is 6.79. The Kier molecular flexibility index (Phi) is 4.13. The summed E-state index contributed by atoms with van der Waals surface area (Å²) < 4.78 is 32.1. The van der Waals surface area contributed by atoms with Crippen molar-refractivity contribution in [2.24, 2.45) is 0 Å². The molecule has 1 aliphatic rings. The first-order valence-corrected chi connectivity index (χ1v) is 7.81. The van der Waals surface area contributed by atoms with Gasteiger partial charge in [-0.25, -0.2) is 8.42 Å². The lowest BCUT2D eigenvalue weighted by atomic mass is 10.3. The van der Waals surface area contributed by atoms with Crippen LogP contribution in [0.1, 0.15) is 13.8 Å². The Morgan fingerprint density at radius 2 is 1.68 bits per heavy atom. The van der Waals surface area contributed by atoms with Crippen LogP contribution in [0.4, 0.5) is 5.69 Å². The molecule has 0 bridgehead atoms. The number of sulfonamides is 1. The number of benzene rings is 1. The molecule has 0 spiro atoms. The zero-order valence-corrected chi connectivity index (χ0v) is 12.3. The maximum atomic E-state index is 12.5. The van der Waals surface area contributed by atoms with Crippen LogP contribution in [-0.4, -0.2) is 45.1 Å². The molecule has 5 nitrogen and oxygen atoms in total. The lowest BCUT2D eigenvalue weighted by molar-refractivity contribution is -0.0440. The minimum atomic E-state index is -3.43. The number of rotatable bonds is 3. The van der Waals surface area contributed by atoms with E-state index in [0.717, 1.165) is 5.69 Å². The molecule has 6 heteroatoms. The molecular formula is C13H20N2O3S. The highest BCUT2D eigenvalue weighted by atomic mass is 32.2. The minimum absolute atomic E-state index is 0.0740. The van der Waals surface area contributed by atoms with Crippen LogP contribution in [-0.2, 0) is 14.8 Å². The van der Waals surface area contributed by atoms with E-state index in [1.807, 2.05) is 13.8 Å². The number of ether oxygens (including phenoxy) is 1. The van der Waals surface area contributed by atoms with Gasteiger partial charge in [-0.05, 0) is 38.1 Å². The second-order valence-corrected chi connectivity index (χ2v) is 6.79. The normalized spacial score (nSPS) is 25.2. The summed E-state index contributed by atoms with van der Waals surface area (Å²) in [4.78, 5) is 0.327. The van der Waals surface area contributed by atoms with Crippen molar-refractivity contribution < 1.29 is 13.2 Å². The molecule has 2 rings (SSSR count). The first-order valence-electron chi connectivity index (χ1n) is 6.37. The van der Waals surface area contributed by atoms with Crippen molar-refractivity contribution in [3.63, 3.8) is 0 Å². The standard InChI is InChI=1S/C13H20N2O3S/c1-10-8-15(9-11(2)18-10)19(16,17)13-6-4-12(14-3)5-7-13/h4-7,10-11,14H,8-9H2,1-3H3/t10-,11+. The van der Waals surface area contributed by atoms with E-state index in [1.165, 1.54) is 4.31 Å². The molecule has 106 valence electrons. The fraction of sp³-hybridized carbons (Fsp3) is 0.538. The predicted molar refractivity (Wildman–Crippen MR) is 74.8 cm³/mol. The molecule has 1 aromatic rings. The fourth-order valence-electron chi connectivity index (χ4n) is 2.27. The number of hydrogen-bond donors (Lipinski definition) is 1. The van der Waals surface area contributed by atoms with Crippen LogP contribution in [0.15, 0.2) is 29.2 Å². The molecular weight excluding hydrogens is 264 g/mol. The van der Waals surface area contributed by atoms with Crippen molar-refractivity contribution in [1.29, 1.82) is 0 Å². The van der Waals surface area contributed by atoms with Crippen LogP contribution in [0, 0.1) is 0 Å². The van der Waals surface area contributed by atoms with E-state index < -0.39 is 10.0 Å². The van der Waals surface area contributed by atoms with E-state index >= 15 is 0 Å². The fourth-order valence-corrected chi connectivity index (χ4v) is 3.86. The molecule has 2 atom stereocenters. The number of hydrogen-bond acceptors (Lipinski definition) is 4. The van der Waals surface area contributed by atoms with Crippen LogP contribution in [0.2, 0.25) is 0 Å². The van der Waals surface area contributed by atoms with Gasteiger partial charge in [0.1, 0.15) is 0 Å². The van der Waals surface area contributed by atoms with Gasteiger partial charge in [0.15, 0.2) is 0 Å². The molecule has 0 radical (unpaired) electrons. The third-order valence-electron chi connectivity index (χ3n) is 3.17. The lowest BCUT2D eigenvalue weighted by Gasteiger charge is -2.34. The zero-order chi connectivity index (χ0) is 14.0. The summed E-state index contributed by atoms with van der Waals surface area (Å²) >= 11 is 0. The monoisotopic (exact) mass is 284 g/mol. The molecule has 19 heavy (non-hydrogen) atoms. The Morgan fingerprint density at radius 1 is 1.16 bits per heavy atom. The van der Waals surface area contributed by atoms with Crippen molar-refractivity contribution in [2.45, 2.75) is 31.0 Å². The third-order valence-corrected chi connectivity index (χ3v) is 5.01. The average Bonchev–Trinajstić information content (AvgIpc) is 2.37. The zero-order valence-electron chi connectivity index (χ0n) is 11.5. The maximum Gasteiger partial charge on any atom is 0.243 e. The van der Waals surface area contributed by atoms with E-state index in [1.54, 1.807) is 31.3 Å². The molecule has 0 aliphatic carbocycles. The van der Waals surface area contributed by atoms with Gasteiger partial charge < -0.3 is 10.1 Å². The largest absolute Gasteiger partial charge is 0.388 e. The van der Waals surface area contributed by atoms with Gasteiger partial charge in [-0.1, -0.05) is 0 Å². The van der Waals surface area contributed by atoms with E-state index in [0.29, 0.717) is 18.0 Å². The van der Waals surface area contributed by atoms with Gasteiger partial charge in [0, 0.05) is 25.8 Å². The van der Waals surface area contributed by atoms with Gasteiger partial charge in [0.05, 0.1) is 17.1 Å². The number of nitrogens with zero attached hydrogens (tertiary/aromatic N) is 1. The molecule has 0 unspecified atom stereocenters. The number of morpholine rings is 1. The van der Waals surface area contributed by atoms with Crippen molar-refractivity contribution in [3.05, 3.63) is 24.3 Å². The molecule has 1 heterocycles. The summed E-state index contributed by atoms with van der Waals surface area (Å²) in [5.41, 5.74) is 0.891. The van der Waals surface area contributed by atoms with E-state index in [2.05, 4.69) is 5.32 Å².